The average molecular weight is 387 g/mol. The summed E-state index contributed by atoms with van der Waals surface area (Å²) >= 11 is 0. The lowest BCUT2D eigenvalue weighted by Crippen LogP contribution is -1.99. The van der Waals surface area contributed by atoms with Crippen molar-refractivity contribution in [1.29, 1.82) is 0 Å². The van der Waals surface area contributed by atoms with Gasteiger partial charge >= 0.3 is 0 Å². The van der Waals surface area contributed by atoms with Crippen LogP contribution in [0.3, 0.4) is 0 Å². The van der Waals surface area contributed by atoms with Gasteiger partial charge in [0.2, 0.25) is 0 Å². The summed E-state index contributed by atoms with van der Waals surface area (Å²) < 4.78 is 11.0. The predicted octanol–water partition coefficient (Wildman–Crippen LogP) is 5.00. The Balaban J connectivity index is 1.82. The first-order valence-corrected chi connectivity index (χ1v) is 9.75. The molecule has 5 nitrogen and oxygen atoms in total. The Morgan fingerprint density at radius 2 is 1.66 bits per heavy atom. The van der Waals surface area contributed by atoms with Crippen LogP contribution < -0.4 is 14.8 Å². The van der Waals surface area contributed by atoms with Crippen LogP contribution in [0.2, 0.25) is 0 Å². The summed E-state index contributed by atoms with van der Waals surface area (Å²) in [6.07, 6.45) is 5.52. The Hall–Kier alpha value is -3.34. The van der Waals surface area contributed by atoms with Gasteiger partial charge < -0.3 is 14.8 Å². The maximum atomic E-state index is 5.54. The number of hydrogen-bond donors (Lipinski definition) is 1. The third kappa shape index (κ3) is 3.56. The summed E-state index contributed by atoms with van der Waals surface area (Å²) in [5, 5.41) is 6.55. The molecule has 2 aromatic heterocycles. The van der Waals surface area contributed by atoms with Crippen LogP contribution in [0, 0.1) is 0 Å². The van der Waals surface area contributed by atoms with Gasteiger partial charge in [0.15, 0.2) is 11.5 Å². The minimum Gasteiger partial charge on any atom is -0.493 e. The third-order valence-corrected chi connectivity index (χ3v) is 5.31. The lowest BCUT2D eigenvalue weighted by Gasteiger charge is -2.14. The minimum absolute atomic E-state index is 0.723. The molecule has 0 aliphatic carbocycles. The second-order valence-corrected chi connectivity index (χ2v) is 7.01. The number of benzene rings is 2. The highest BCUT2D eigenvalue weighted by Crippen LogP contribution is 2.35. The molecule has 5 heteroatoms. The van der Waals surface area contributed by atoms with E-state index in [1.54, 1.807) is 14.2 Å². The molecule has 0 amide bonds. The number of anilines is 1. The van der Waals surface area contributed by atoms with Crippen molar-refractivity contribution >= 4 is 27.4 Å². The van der Waals surface area contributed by atoms with E-state index in [9.17, 15) is 0 Å². The Bertz CT molecular complexity index is 1190. The SMILES string of the molecule is CCc1ncc(Cc2cnc3ccc(NC)cc3c2)c2cc(OC)c(OC)cc12. The zero-order valence-corrected chi connectivity index (χ0v) is 17.2. The van der Waals surface area contributed by atoms with Crippen molar-refractivity contribution in [2.45, 2.75) is 19.8 Å². The first-order valence-electron chi connectivity index (χ1n) is 9.75. The molecule has 0 radical (unpaired) electrons. The summed E-state index contributed by atoms with van der Waals surface area (Å²) in [7, 11) is 5.25. The topological polar surface area (TPSA) is 56.3 Å². The predicted molar refractivity (Wildman–Crippen MR) is 118 cm³/mol. The fourth-order valence-electron chi connectivity index (χ4n) is 3.75. The number of pyridine rings is 2. The number of fused-ring (bicyclic) bond motifs is 2. The molecular formula is C24H25N3O2. The van der Waals surface area contributed by atoms with E-state index in [1.807, 2.05) is 37.6 Å². The van der Waals surface area contributed by atoms with Crippen molar-refractivity contribution < 1.29 is 9.47 Å². The molecule has 148 valence electrons. The van der Waals surface area contributed by atoms with Gasteiger partial charge in [0.25, 0.3) is 0 Å². The van der Waals surface area contributed by atoms with Gasteiger partial charge in [0.1, 0.15) is 0 Å². The lowest BCUT2D eigenvalue weighted by atomic mass is 9.98. The van der Waals surface area contributed by atoms with Crippen LogP contribution in [0.15, 0.2) is 48.8 Å². The van der Waals surface area contributed by atoms with E-state index in [0.717, 1.165) is 68.5 Å². The minimum atomic E-state index is 0.723. The molecule has 29 heavy (non-hydrogen) atoms. The average Bonchev–Trinajstić information content (AvgIpc) is 2.77. The normalized spacial score (nSPS) is 11.0. The summed E-state index contributed by atoms with van der Waals surface area (Å²) in [6.45, 7) is 2.12. The van der Waals surface area contributed by atoms with Gasteiger partial charge in [-0.2, -0.15) is 0 Å². The van der Waals surface area contributed by atoms with Crippen LogP contribution in [0.5, 0.6) is 11.5 Å². The molecular weight excluding hydrogens is 362 g/mol. The Labute approximate surface area is 170 Å². The second-order valence-electron chi connectivity index (χ2n) is 7.01. The largest absolute Gasteiger partial charge is 0.493 e. The number of ether oxygens (including phenoxy) is 2. The highest BCUT2D eigenvalue weighted by molar-refractivity contribution is 5.91. The van der Waals surface area contributed by atoms with Gasteiger partial charge in [0.05, 0.1) is 19.7 Å². The van der Waals surface area contributed by atoms with Crippen molar-refractivity contribution in [3.63, 3.8) is 0 Å². The molecule has 0 unspecified atom stereocenters. The van der Waals surface area contributed by atoms with E-state index in [4.69, 9.17) is 14.5 Å². The number of aryl methyl sites for hydroxylation is 1. The van der Waals surface area contributed by atoms with E-state index in [2.05, 4.69) is 35.4 Å². The molecule has 2 heterocycles. The molecule has 1 N–H and O–H groups in total. The zero-order valence-electron chi connectivity index (χ0n) is 17.2. The molecule has 0 atom stereocenters. The van der Waals surface area contributed by atoms with E-state index >= 15 is 0 Å². The Morgan fingerprint density at radius 1 is 0.897 bits per heavy atom. The van der Waals surface area contributed by atoms with Crippen LogP contribution in [-0.4, -0.2) is 31.2 Å². The van der Waals surface area contributed by atoms with Crippen molar-refractivity contribution in [3.8, 4) is 11.5 Å². The third-order valence-electron chi connectivity index (χ3n) is 5.31. The number of methoxy groups -OCH3 is 2. The van der Waals surface area contributed by atoms with Gasteiger partial charge in [-0.25, -0.2) is 0 Å². The van der Waals surface area contributed by atoms with Gasteiger partial charge in [-0.15, -0.1) is 0 Å². The molecule has 0 saturated carbocycles. The summed E-state index contributed by atoms with van der Waals surface area (Å²) in [6, 6.07) is 12.5. The fraction of sp³-hybridized carbons (Fsp3) is 0.250. The fourth-order valence-corrected chi connectivity index (χ4v) is 3.75. The number of nitrogens with one attached hydrogen (secondary N) is 1. The van der Waals surface area contributed by atoms with Crippen molar-refractivity contribution in [1.82, 2.24) is 9.97 Å². The number of nitrogens with zero attached hydrogens (tertiary/aromatic N) is 2. The smallest absolute Gasteiger partial charge is 0.161 e. The molecule has 4 aromatic rings. The van der Waals surface area contributed by atoms with E-state index < -0.39 is 0 Å². The quantitative estimate of drug-likeness (QED) is 0.505. The Kier molecular flexibility index (Phi) is 5.21. The van der Waals surface area contributed by atoms with Crippen LogP contribution in [0.1, 0.15) is 23.7 Å². The van der Waals surface area contributed by atoms with E-state index in [1.165, 1.54) is 0 Å². The molecule has 0 aliphatic rings. The summed E-state index contributed by atoms with van der Waals surface area (Å²) in [5.41, 5.74) is 5.41. The van der Waals surface area contributed by atoms with E-state index in [0.29, 0.717) is 0 Å². The summed E-state index contributed by atoms with van der Waals surface area (Å²) in [5.74, 6) is 1.45. The maximum absolute atomic E-state index is 5.54. The standard InChI is InChI=1S/C24H25N3O2/c1-5-21-20-12-24(29-4)23(28-3)11-19(20)17(14-27-21)9-15-8-16-10-18(25-2)6-7-22(16)26-13-15/h6-8,10-14,25H,5,9H2,1-4H3. The van der Waals surface area contributed by atoms with Gasteiger partial charge in [0, 0.05) is 48.0 Å². The molecule has 0 spiro atoms. The van der Waals surface area contributed by atoms with Gasteiger partial charge in [-0.1, -0.05) is 6.92 Å². The van der Waals surface area contributed by atoms with E-state index in [-0.39, 0.29) is 0 Å². The second kappa shape index (κ2) is 7.95. The molecule has 0 fully saturated rings. The lowest BCUT2D eigenvalue weighted by molar-refractivity contribution is 0.356. The summed E-state index contributed by atoms with van der Waals surface area (Å²) in [4.78, 5) is 9.35. The molecule has 0 saturated heterocycles. The monoisotopic (exact) mass is 387 g/mol. The number of hydrogen-bond acceptors (Lipinski definition) is 5. The molecule has 2 aromatic carbocycles. The maximum Gasteiger partial charge on any atom is 0.161 e. The molecule has 0 bridgehead atoms. The molecule has 0 aliphatic heterocycles. The Morgan fingerprint density at radius 3 is 2.34 bits per heavy atom. The van der Waals surface area contributed by atoms with Gasteiger partial charge in [-0.3, -0.25) is 9.97 Å². The van der Waals surface area contributed by atoms with Crippen molar-refractivity contribution in [2.24, 2.45) is 0 Å². The van der Waals surface area contributed by atoms with Crippen LogP contribution in [-0.2, 0) is 12.8 Å². The van der Waals surface area contributed by atoms with Gasteiger partial charge in [-0.05, 0) is 59.3 Å². The zero-order chi connectivity index (χ0) is 20.4. The van der Waals surface area contributed by atoms with Crippen molar-refractivity contribution in [2.75, 3.05) is 26.6 Å². The first kappa shape index (κ1) is 19.0. The van der Waals surface area contributed by atoms with Crippen LogP contribution in [0.25, 0.3) is 21.7 Å². The van der Waals surface area contributed by atoms with Crippen LogP contribution in [0.4, 0.5) is 5.69 Å². The highest BCUT2D eigenvalue weighted by Gasteiger charge is 2.13. The molecule has 4 rings (SSSR count). The first-order chi connectivity index (χ1) is 14.2. The van der Waals surface area contributed by atoms with Crippen LogP contribution >= 0.6 is 0 Å². The number of rotatable bonds is 6. The number of aromatic nitrogens is 2. The van der Waals surface area contributed by atoms with Crippen molar-refractivity contribution in [3.05, 3.63) is 65.6 Å². The highest BCUT2D eigenvalue weighted by atomic mass is 16.5.